The Morgan fingerprint density at radius 3 is 2.82 bits per heavy atom. The number of ether oxygens (including phenoxy) is 1. The first-order valence-corrected chi connectivity index (χ1v) is 4.22. The SMILES string of the molecule is CC1OC(=O)C2=C1CCCC2. The molecule has 0 radical (unpaired) electrons. The van der Waals surface area contributed by atoms with Crippen molar-refractivity contribution in [2.45, 2.75) is 38.7 Å². The number of hydrogen-bond acceptors (Lipinski definition) is 2. The molecule has 2 heteroatoms. The van der Waals surface area contributed by atoms with Gasteiger partial charge in [0.05, 0.1) is 0 Å². The van der Waals surface area contributed by atoms with Crippen LogP contribution in [0.1, 0.15) is 32.6 Å². The molecule has 2 nitrogen and oxygen atoms in total. The van der Waals surface area contributed by atoms with E-state index >= 15 is 0 Å². The molecule has 0 saturated carbocycles. The zero-order valence-electron chi connectivity index (χ0n) is 6.72. The van der Waals surface area contributed by atoms with Gasteiger partial charge in [-0.05, 0) is 38.2 Å². The molecule has 0 spiro atoms. The van der Waals surface area contributed by atoms with Gasteiger partial charge in [-0.1, -0.05) is 0 Å². The highest BCUT2D eigenvalue weighted by atomic mass is 16.5. The summed E-state index contributed by atoms with van der Waals surface area (Å²) in [6.07, 6.45) is 4.46. The molecule has 1 atom stereocenters. The van der Waals surface area contributed by atoms with Gasteiger partial charge < -0.3 is 4.74 Å². The molecule has 0 N–H and O–H groups in total. The van der Waals surface area contributed by atoms with E-state index in [1.165, 1.54) is 12.0 Å². The van der Waals surface area contributed by atoms with Crippen molar-refractivity contribution in [1.29, 1.82) is 0 Å². The summed E-state index contributed by atoms with van der Waals surface area (Å²) in [4.78, 5) is 11.1. The third kappa shape index (κ3) is 0.971. The summed E-state index contributed by atoms with van der Waals surface area (Å²) in [5.41, 5.74) is 2.24. The minimum atomic E-state index is -0.0628. The second-order valence-electron chi connectivity index (χ2n) is 3.26. The molecule has 0 aromatic heterocycles. The minimum absolute atomic E-state index is 0.0628. The Labute approximate surface area is 66.2 Å². The lowest BCUT2D eigenvalue weighted by molar-refractivity contribution is -0.139. The Kier molecular flexibility index (Phi) is 1.48. The Hall–Kier alpha value is -0.790. The highest BCUT2D eigenvalue weighted by Gasteiger charge is 2.31. The predicted molar refractivity (Wildman–Crippen MR) is 41.0 cm³/mol. The molecule has 0 bridgehead atoms. The first-order valence-electron chi connectivity index (χ1n) is 4.22. The lowest BCUT2D eigenvalue weighted by Gasteiger charge is -2.12. The molecular formula is C9H12O2. The molecule has 1 heterocycles. The molecule has 2 rings (SSSR count). The normalized spacial score (nSPS) is 30.3. The van der Waals surface area contributed by atoms with Crippen LogP contribution in [0.15, 0.2) is 11.1 Å². The minimum Gasteiger partial charge on any atom is -0.455 e. The van der Waals surface area contributed by atoms with Crippen molar-refractivity contribution < 1.29 is 9.53 Å². The van der Waals surface area contributed by atoms with Crippen molar-refractivity contribution >= 4 is 5.97 Å². The van der Waals surface area contributed by atoms with Crippen molar-refractivity contribution in [3.8, 4) is 0 Å². The molecule has 0 aromatic rings. The van der Waals surface area contributed by atoms with E-state index in [4.69, 9.17) is 4.74 Å². The van der Waals surface area contributed by atoms with Crippen molar-refractivity contribution in [2.75, 3.05) is 0 Å². The molecule has 60 valence electrons. The maximum atomic E-state index is 11.1. The molecule has 2 aliphatic rings. The highest BCUT2D eigenvalue weighted by Crippen LogP contribution is 2.33. The lowest BCUT2D eigenvalue weighted by atomic mass is 9.91. The molecule has 0 aromatic carbocycles. The molecular weight excluding hydrogens is 140 g/mol. The Balaban J connectivity index is 2.32. The first-order chi connectivity index (χ1) is 5.29. The van der Waals surface area contributed by atoms with Gasteiger partial charge in [-0.25, -0.2) is 4.79 Å². The summed E-state index contributed by atoms with van der Waals surface area (Å²) >= 11 is 0. The van der Waals surface area contributed by atoms with E-state index in [2.05, 4.69) is 0 Å². The largest absolute Gasteiger partial charge is 0.455 e. The van der Waals surface area contributed by atoms with Crippen molar-refractivity contribution in [1.82, 2.24) is 0 Å². The van der Waals surface area contributed by atoms with E-state index in [0.29, 0.717) is 0 Å². The molecule has 0 fully saturated rings. The zero-order chi connectivity index (χ0) is 7.84. The summed E-state index contributed by atoms with van der Waals surface area (Å²) in [6.45, 7) is 1.96. The second-order valence-corrected chi connectivity index (χ2v) is 3.26. The van der Waals surface area contributed by atoms with Gasteiger partial charge in [0.1, 0.15) is 6.10 Å². The van der Waals surface area contributed by atoms with Crippen LogP contribution in [0, 0.1) is 0 Å². The van der Waals surface area contributed by atoms with E-state index in [9.17, 15) is 4.79 Å². The number of carbonyl (C=O) groups is 1. The standard InChI is InChI=1S/C9H12O2/c1-6-7-4-2-3-5-8(7)9(10)11-6/h6H,2-5H2,1H3. The van der Waals surface area contributed by atoms with Gasteiger partial charge in [0.25, 0.3) is 0 Å². The van der Waals surface area contributed by atoms with Crippen LogP contribution in [0.4, 0.5) is 0 Å². The summed E-state index contributed by atoms with van der Waals surface area (Å²) in [7, 11) is 0. The van der Waals surface area contributed by atoms with Crippen molar-refractivity contribution in [2.24, 2.45) is 0 Å². The number of carbonyl (C=O) groups excluding carboxylic acids is 1. The Morgan fingerprint density at radius 1 is 1.36 bits per heavy atom. The highest BCUT2D eigenvalue weighted by molar-refractivity contribution is 5.92. The Bertz CT molecular complexity index is 228. The van der Waals surface area contributed by atoms with Crippen LogP contribution in [0.2, 0.25) is 0 Å². The zero-order valence-corrected chi connectivity index (χ0v) is 6.72. The second kappa shape index (κ2) is 2.36. The number of hydrogen-bond donors (Lipinski definition) is 0. The fourth-order valence-electron chi connectivity index (χ4n) is 1.91. The molecule has 0 amide bonds. The number of cyclic esters (lactones) is 1. The van der Waals surface area contributed by atoms with Gasteiger partial charge in [0, 0.05) is 5.57 Å². The lowest BCUT2D eigenvalue weighted by Crippen LogP contribution is -2.05. The van der Waals surface area contributed by atoms with E-state index in [0.717, 1.165) is 24.8 Å². The van der Waals surface area contributed by atoms with Crippen LogP contribution in [-0.2, 0) is 9.53 Å². The maximum absolute atomic E-state index is 11.1. The van der Waals surface area contributed by atoms with Crippen LogP contribution in [0.5, 0.6) is 0 Å². The molecule has 1 unspecified atom stereocenters. The predicted octanol–water partition coefficient (Wildman–Crippen LogP) is 1.80. The topological polar surface area (TPSA) is 26.3 Å². The summed E-state index contributed by atoms with van der Waals surface area (Å²) in [5, 5.41) is 0. The fourth-order valence-corrected chi connectivity index (χ4v) is 1.91. The third-order valence-corrected chi connectivity index (χ3v) is 2.53. The maximum Gasteiger partial charge on any atom is 0.334 e. The number of esters is 1. The average molecular weight is 152 g/mol. The van der Waals surface area contributed by atoms with E-state index in [-0.39, 0.29) is 12.1 Å². The van der Waals surface area contributed by atoms with Gasteiger partial charge >= 0.3 is 5.97 Å². The molecule has 1 aliphatic carbocycles. The van der Waals surface area contributed by atoms with Crippen molar-refractivity contribution in [3.05, 3.63) is 11.1 Å². The Morgan fingerprint density at radius 2 is 2.09 bits per heavy atom. The van der Waals surface area contributed by atoms with Crippen LogP contribution < -0.4 is 0 Å². The quantitative estimate of drug-likeness (QED) is 0.495. The monoisotopic (exact) mass is 152 g/mol. The molecule has 11 heavy (non-hydrogen) atoms. The van der Waals surface area contributed by atoms with Crippen LogP contribution in [0.25, 0.3) is 0 Å². The van der Waals surface area contributed by atoms with E-state index < -0.39 is 0 Å². The van der Waals surface area contributed by atoms with Crippen LogP contribution in [-0.4, -0.2) is 12.1 Å². The fraction of sp³-hybridized carbons (Fsp3) is 0.667. The van der Waals surface area contributed by atoms with E-state index in [1.54, 1.807) is 0 Å². The van der Waals surface area contributed by atoms with Gasteiger partial charge in [-0.15, -0.1) is 0 Å². The van der Waals surface area contributed by atoms with Gasteiger partial charge in [-0.2, -0.15) is 0 Å². The van der Waals surface area contributed by atoms with Crippen molar-refractivity contribution in [3.63, 3.8) is 0 Å². The smallest absolute Gasteiger partial charge is 0.334 e. The molecule has 1 aliphatic heterocycles. The number of rotatable bonds is 0. The van der Waals surface area contributed by atoms with Gasteiger partial charge in [0.2, 0.25) is 0 Å². The van der Waals surface area contributed by atoms with Gasteiger partial charge in [-0.3, -0.25) is 0 Å². The summed E-state index contributed by atoms with van der Waals surface area (Å²) < 4.78 is 5.10. The first kappa shape index (κ1) is 6.89. The summed E-state index contributed by atoms with van der Waals surface area (Å²) in [6, 6.07) is 0. The van der Waals surface area contributed by atoms with E-state index in [1.807, 2.05) is 6.92 Å². The third-order valence-electron chi connectivity index (χ3n) is 2.53. The summed E-state index contributed by atoms with van der Waals surface area (Å²) in [5.74, 6) is -0.0628. The molecule has 0 saturated heterocycles. The van der Waals surface area contributed by atoms with Crippen LogP contribution >= 0.6 is 0 Å². The van der Waals surface area contributed by atoms with Crippen LogP contribution in [0.3, 0.4) is 0 Å². The average Bonchev–Trinajstić information content (AvgIpc) is 2.30. The van der Waals surface area contributed by atoms with Gasteiger partial charge in [0.15, 0.2) is 0 Å².